The Morgan fingerprint density at radius 1 is 0.800 bits per heavy atom. The largest absolute Gasteiger partial charge is 0.496 e. The number of aliphatic carboxylic acids is 2. The number of ether oxygens (including phenoxy) is 5. The molecule has 1 aliphatic carbocycles. The molecule has 8 heterocycles. The molecule has 0 spiro atoms. The molecule has 708 valence electrons. The zero-order valence-corrected chi connectivity index (χ0v) is 75.0. The fraction of sp³-hybridized carbons (Fsp3) is 0.580. The van der Waals surface area contributed by atoms with Crippen molar-refractivity contribution in [1.82, 2.24) is 66.8 Å². The molecule has 42 heteroatoms. The summed E-state index contributed by atoms with van der Waals surface area (Å²) in [6.45, 7) is 5.63. The SMILES string of the molecule is CC[C@]1(O)CC2CC[C@](C(=O)OC)(c3cc4c(cc3OC)N(C)[C@@H]3C[C@H]5N(CC=C[C@@]5(CC)[C@@H](O)[C@]3(O)C(=O)NNC(=O)OCCSSC[C@@H](NC(=O)[C@H](CNC(=O)CCCCCCCCO[C@H]3OC(CO)C(O)[C@H](O)C3O)NC(=O)CC[C@H](NC(=O)c3ccc(NCc5cnc6nc(N)[nH]c(=O)c6n5)cc3)C(=O)O)C(=O)O)CCC4)c3[nH]c4ccccc4c3CCN(C2)C1. The Kier molecular flexibility index (Phi) is 33.6. The number of carboxylic acids is 2. The van der Waals surface area contributed by atoms with E-state index < -0.39 is 168 Å². The number of likely N-dealkylation sites (N-methyl/N-ethyl adjacent to an activating group) is 1. The van der Waals surface area contributed by atoms with Crippen molar-refractivity contribution in [3.63, 3.8) is 0 Å². The number of H-pyrrole nitrogens is 2. The van der Waals surface area contributed by atoms with Gasteiger partial charge in [0.05, 0.1) is 50.9 Å². The fourth-order valence-corrected chi connectivity index (χ4v) is 21.0. The number of aryl methyl sites for hydroxylation is 1. The van der Waals surface area contributed by atoms with Gasteiger partial charge in [0.1, 0.15) is 66.4 Å². The van der Waals surface area contributed by atoms with Gasteiger partial charge < -0.3 is 112 Å². The van der Waals surface area contributed by atoms with Gasteiger partial charge in [-0.15, -0.1) is 0 Å². The van der Waals surface area contributed by atoms with E-state index in [1.54, 1.807) is 11.9 Å². The Bertz CT molecular complexity index is 5110. The molecule has 17 atom stereocenters. The number of unbranched alkanes of at least 4 members (excludes halogenated alkanes) is 5. The number of rotatable bonds is 38. The van der Waals surface area contributed by atoms with E-state index in [0.717, 1.165) is 56.6 Å². The van der Waals surface area contributed by atoms with Gasteiger partial charge in [-0.25, -0.2) is 29.8 Å². The third-order valence-corrected chi connectivity index (χ3v) is 28.5. The molecule has 6 amide bonds. The third-order valence-electron chi connectivity index (χ3n) is 26.1. The van der Waals surface area contributed by atoms with Gasteiger partial charge in [0.15, 0.2) is 23.1 Å². The molecule has 40 nitrogen and oxygen atoms in total. The van der Waals surface area contributed by atoms with Gasteiger partial charge in [0, 0.05) is 127 Å². The highest BCUT2D eigenvalue weighted by atomic mass is 33.1. The van der Waals surface area contributed by atoms with Crippen molar-refractivity contribution in [2.75, 3.05) is 108 Å². The van der Waals surface area contributed by atoms with Crippen LogP contribution in [-0.4, -0.2) is 304 Å². The summed E-state index contributed by atoms with van der Waals surface area (Å²) < 4.78 is 28.7. The minimum absolute atomic E-state index is 0.0165. The number of carboxylic acid groups (broad SMARTS) is 2. The number of nitrogens with one attached hydrogen (secondary N) is 9. The smallest absolute Gasteiger partial charge is 0.426 e. The van der Waals surface area contributed by atoms with E-state index in [9.17, 15) is 84.3 Å². The van der Waals surface area contributed by atoms with Crippen molar-refractivity contribution >= 4 is 115 Å². The Morgan fingerprint density at radius 2 is 1.55 bits per heavy atom. The second kappa shape index (κ2) is 44.3. The lowest BCUT2D eigenvalue weighted by atomic mass is 9.57. The molecule has 4 bridgehead atoms. The number of anilines is 3. The summed E-state index contributed by atoms with van der Waals surface area (Å²) in [4.78, 5) is 161. The number of hydrogen-bond acceptors (Lipinski definition) is 32. The standard InChI is InChI=1S/C88H120N16O24S2/c1-6-85(122)41-49-28-31-87(82(120)125-5,72-55(29-34-103(45-49)48-85)54-19-13-14-20-57(54)95-72)56-38-51-18-16-32-104-33-17-30-86(7-2)64(104)40-65(102(3)61(51)39-62(56)124-4)88(123,80(86)118)81(119)100-101-84(121)127-36-37-129-130-47-60(78(116)117)97-75(112)59(44-91-66(106)21-12-10-8-9-11-15-35-126-79-71(110)70(109)69(108)63(46-105)128-79)94-67(107)27-26-58(77(114)115)96-74(111)50-22-24-52(25-23-50)90-42-53-43-92-73-68(93-53)76(113)99-83(89)98-73/h13-14,17,19-20,22-25,30,38-39,43,49,58-60,63-65,69-71,79-80,90,95,105,108-110,118,122-123H,6-12,15-16,18,21,26-29,31-37,40-42,44-48H2,1-5H3,(H,91,106)(H,94,107)(H,96,111)(H,97,112)(H,100,119)(H,101,121)(H,114,115)(H,116,117)(H3,89,92,98,99,113)/t49?,58-,59-,60+,63?,64+,65+,69?,70-,71?,79-,80+,85-,86+,87-,88-/m0/s1. The lowest BCUT2D eigenvalue weighted by Crippen LogP contribution is -2.78. The number of hydrogen-bond donors (Lipinski definition) is 19. The lowest BCUT2D eigenvalue weighted by Gasteiger charge is -2.60. The molecule has 3 fully saturated rings. The van der Waals surface area contributed by atoms with Crippen LogP contribution in [0.3, 0.4) is 0 Å². The van der Waals surface area contributed by atoms with E-state index >= 15 is 9.59 Å². The number of benzene rings is 3. The summed E-state index contributed by atoms with van der Waals surface area (Å²) in [7, 11) is 6.63. The van der Waals surface area contributed by atoms with E-state index in [0.29, 0.717) is 137 Å². The number of para-hydroxylation sites is 1. The number of aliphatic hydroxyl groups is 7. The number of fused-ring (bicyclic) bond motifs is 8. The lowest BCUT2D eigenvalue weighted by molar-refractivity contribution is -0.301. The van der Waals surface area contributed by atoms with Crippen LogP contribution < -0.4 is 58.4 Å². The minimum Gasteiger partial charge on any atom is -0.496 e. The molecule has 12 rings (SSSR count). The van der Waals surface area contributed by atoms with Gasteiger partial charge in [-0.3, -0.25) is 53.8 Å². The predicted octanol–water partition coefficient (Wildman–Crippen LogP) is 2.06. The number of esters is 1. The second-order valence-corrected chi connectivity index (χ2v) is 36.9. The van der Waals surface area contributed by atoms with Crippen molar-refractivity contribution in [3.05, 3.63) is 123 Å². The van der Waals surface area contributed by atoms with Crippen LogP contribution in [0.4, 0.5) is 22.1 Å². The summed E-state index contributed by atoms with van der Waals surface area (Å²) in [5.41, 5.74) is 8.65. The van der Waals surface area contributed by atoms with E-state index in [1.165, 1.54) is 44.7 Å². The molecule has 6 aromatic rings. The molecule has 3 aromatic heterocycles. The van der Waals surface area contributed by atoms with Crippen molar-refractivity contribution in [2.45, 2.75) is 220 Å². The molecule has 20 N–H and O–H groups in total. The molecule has 2 saturated heterocycles. The van der Waals surface area contributed by atoms with Crippen molar-refractivity contribution in [2.24, 2.45) is 11.3 Å². The average Bonchev–Trinajstić information content (AvgIpc) is 1.04. The van der Waals surface area contributed by atoms with Crippen LogP contribution in [0.1, 0.15) is 155 Å². The van der Waals surface area contributed by atoms with Crippen LogP contribution in [0.25, 0.3) is 22.1 Å². The highest BCUT2D eigenvalue weighted by Gasteiger charge is 2.66. The van der Waals surface area contributed by atoms with Crippen molar-refractivity contribution in [1.29, 1.82) is 0 Å². The number of amides is 6. The molecular weight excluding hydrogens is 1730 g/mol. The fourth-order valence-electron chi connectivity index (χ4n) is 19.0. The number of nitrogens with zero attached hydrogens (tertiary/aromatic N) is 6. The van der Waals surface area contributed by atoms with Gasteiger partial charge in [-0.05, 0) is 137 Å². The normalized spacial score (nSPS) is 26.1. The maximum Gasteiger partial charge on any atom is 0.426 e. The van der Waals surface area contributed by atoms with Gasteiger partial charge in [-0.1, -0.05) is 91.5 Å². The number of aliphatic hydroxyl groups excluding tert-OH is 5. The molecule has 5 unspecified atom stereocenters. The number of carbonyl (C=O) groups excluding carboxylic acids is 7. The second-order valence-electron chi connectivity index (χ2n) is 34.3. The number of carbonyl (C=O) groups is 9. The molecular formula is C88H120N16O24S2. The molecule has 6 aliphatic rings. The summed E-state index contributed by atoms with van der Waals surface area (Å²) in [5.74, 6) is -8.02. The Balaban J connectivity index is 0.665. The molecule has 130 heavy (non-hydrogen) atoms. The predicted molar refractivity (Wildman–Crippen MR) is 478 cm³/mol. The molecule has 3 aromatic carbocycles. The maximum absolute atomic E-state index is 15.4. The van der Waals surface area contributed by atoms with E-state index in [-0.39, 0.29) is 85.2 Å². The topological polar surface area (TPSA) is 589 Å². The van der Waals surface area contributed by atoms with E-state index in [2.05, 4.69) is 72.2 Å². The van der Waals surface area contributed by atoms with E-state index in [4.69, 9.17) is 29.4 Å². The first kappa shape index (κ1) is 98.7. The Hall–Kier alpha value is -10.4. The Morgan fingerprint density at radius 3 is 2.28 bits per heavy atom. The van der Waals surface area contributed by atoms with Gasteiger partial charge >= 0.3 is 24.0 Å². The minimum atomic E-state index is -2.66. The highest BCUT2D eigenvalue weighted by Crippen LogP contribution is 2.54. The number of aromatic nitrogens is 5. The van der Waals surface area contributed by atoms with Crippen LogP contribution >= 0.6 is 21.6 Å². The molecule has 5 aliphatic heterocycles. The first-order chi connectivity index (χ1) is 62.3. The number of nitrogens with two attached hydrogens (primary N) is 1. The molecule has 1 saturated carbocycles. The van der Waals surface area contributed by atoms with Crippen LogP contribution in [0.2, 0.25) is 0 Å². The van der Waals surface area contributed by atoms with Crippen LogP contribution in [0, 0.1) is 11.3 Å². The number of nitrogen functional groups attached to an aromatic ring is 1. The van der Waals surface area contributed by atoms with Gasteiger partial charge in [0.2, 0.25) is 23.7 Å². The highest BCUT2D eigenvalue weighted by molar-refractivity contribution is 8.76. The number of piperidine rings is 1. The number of methoxy groups -OCH3 is 2. The monoisotopic (exact) mass is 1850 g/mol. The first-order valence-electron chi connectivity index (χ1n) is 44.1. The average molecular weight is 1850 g/mol. The zero-order chi connectivity index (χ0) is 93.4. The Labute approximate surface area is 757 Å². The van der Waals surface area contributed by atoms with E-state index in [1.807, 2.05) is 62.4 Å². The summed E-state index contributed by atoms with van der Waals surface area (Å²) in [6.07, 6.45) is 1.84. The maximum atomic E-state index is 15.4. The summed E-state index contributed by atoms with van der Waals surface area (Å²) >= 11 is 0. The first-order valence-corrected chi connectivity index (χ1v) is 46.6. The number of hydrazine groups is 1. The van der Waals surface area contributed by atoms with Crippen LogP contribution in [-0.2, 0) is 77.3 Å². The van der Waals surface area contributed by atoms with Crippen molar-refractivity contribution < 1.29 is 113 Å². The zero-order valence-electron chi connectivity index (χ0n) is 73.4. The van der Waals surface area contributed by atoms with Gasteiger partial charge in [0.25, 0.3) is 17.4 Å². The van der Waals surface area contributed by atoms with Crippen molar-refractivity contribution in [3.8, 4) is 5.75 Å². The summed E-state index contributed by atoms with van der Waals surface area (Å²) in [5, 5.41) is 113. The summed E-state index contributed by atoms with van der Waals surface area (Å²) in [6, 6.07) is 11.2. The third kappa shape index (κ3) is 22.5. The van der Waals surface area contributed by atoms with Crippen LogP contribution in [0.5, 0.6) is 5.75 Å². The quantitative estimate of drug-likeness (QED) is 0.00867. The van der Waals surface area contributed by atoms with Crippen LogP contribution in [0.15, 0.2) is 83.8 Å². The number of aromatic amines is 2. The molecule has 0 radical (unpaired) electrons. The van der Waals surface area contributed by atoms with Gasteiger partial charge in [-0.2, -0.15) is 4.98 Å².